The predicted octanol–water partition coefficient (Wildman–Crippen LogP) is 1.74. The number of likely N-dealkylation sites (tertiary alicyclic amines) is 1. The number of hydrogen-bond acceptors (Lipinski definition) is 2. The van der Waals surface area contributed by atoms with Gasteiger partial charge in [-0.2, -0.15) is 0 Å². The van der Waals surface area contributed by atoms with Gasteiger partial charge in [0.15, 0.2) is 0 Å². The van der Waals surface area contributed by atoms with Crippen molar-refractivity contribution in [2.45, 2.75) is 46.1 Å². The Morgan fingerprint density at radius 1 is 1.44 bits per heavy atom. The highest BCUT2D eigenvalue weighted by Crippen LogP contribution is 2.25. The Kier molecular flexibility index (Phi) is 4.33. The summed E-state index contributed by atoms with van der Waals surface area (Å²) in [6.07, 6.45) is 2.00. The standard InChI is InChI=1S/C12H21NO3/c1-8(2)4-5-11(14)13-7-6-10(9(13)3)12(15)16/h8-10H,4-7H2,1-3H3,(H,15,16). The van der Waals surface area contributed by atoms with Crippen molar-refractivity contribution in [3.8, 4) is 0 Å². The third-order valence-corrected chi connectivity index (χ3v) is 3.33. The lowest BCUT2D eigenvalue weighted by atomic mass is 10.0. The maximum absolute atomic E-state index is 11.9. The number of rotatable bonds is 4. The van der Waals surface area contributed by atoms with Crippen molar-refractivity contribution in [1.29, 1.82) is 0 Å². The molecule has 1 saturated heterocycles. The highest BCUT2D eigenvalue weighted by Gasteiger charge is 2.37. The van der Waals surface area contributed by atoms with E-state index in [1.807, 2.05) is 6.92 Å². The van der Waals surface area contributed by atoms with Gasteiger partial charge in [0.1, 0.15) is 0 Å². The maximum Gasteiger partial charge on any atom is 0.308 e. The van der Waals surface area contributed by atoms with Crippen LogP contribution in [-0.4, -0.2) is 34.5 Å². The van der Waals surface area contributed by atoms with E-state index in [1.54, 1.807) is 4.90 Å². The number of hydrogen-bond donors (Lipinski definition) is 1. The van der Waals surface area contributed by atoms with Crippen molar-refractivity contribution < 1.29 is 14.7 Å². The molecular weight excluding hydrogens is 206 g/mol. The van der Waals surface area contributed by atoms with Crippen LogP contribution in [0.1, 0.15) is 40.0 Å². The van der Waals surface area contributed by atoms with E-state index < -0.39 is 5.97 Å². The molecule has 1 heterocycles. The Hall–Kier alpha value is -1.06. The summed E-state index contributed by atoms with van der Waals surface area (Å²) in [5.41, 5.74) is 0. The normalized spacial score (nSPS) is 25.1. The Morgan fingerprint density at radius 2 is 2.06 bits per heavy atom. The molecule has 0 aromatic carbocycles. The van der Waals surface area contributed by atoms with Crippen LogP contribution in [0.15, 0.2) is 0 Å². The van der Waals surface area contributed by atoms with Gasteiger partial charge in [0, 0.05) is 19.0 Å². The summed E-state index contributed by atoms with van der Waals surface area (Å²) in [6, 6.07) is -0.155. The molecule has 0 spiro atoms. The van der Waals surface area contributed by atoms with Crippen molar-refractivity contribution >= 4 is 11.9 Å². The van der Waals surface area contributed by atoms with Crippen molar-refractivity contribution in [3.05, 3.63) is 0 Å². The van der Waals surface area contributed by atoms with Gasteiger partial charge in [0.25, 0.3) is 0 Å². The third-order valence-electron chi connectivity index (χ3n) is 3.33. The monoisotopic (exact) mass is 227 g/mol. The molecule has 1 aliphatic heterocycles. The lowest BCUT2D eigenvalue weighted by Crippen LogP contribution is -2.37. The maximum atomic E-state index is 11.9. The van der Waals surface area contributed by atoms with Gasteiger partial charge in [-0.3, -0.25) is 9.59 Å². The van der Waals surface area contributed by atoms with Crippen molar-refractivity contribution in [3.63, 3.8) is 0 Å². The average molecular weight is 227 g/mol. The largest absolute Gasteiger partial charge is 0.481 e. The van der Waals surface area contributed by atoms with Crippen molar-refractivity contribution in [2.75, 3.05) is 6.54 Å². The highest BCUT2D eigenvalue weighted by atomic mass is 16.4. The molecule has 2 unspecified atom stereocenters. The summed E-state index contributed by atoms with van der Waals surface area (Å²) in [7, 11) is 0. The van der Waals surface area contributed by atoms with Gasteiger partial charge in [0.2, 0.25) is 5.91 Å². The summed E-state index contributed by atoms with van der Waals surface area (Å²) in [5.74, 6) is -0.559. The van der Waals surface area contributed by atoms with E-state index in [9.17, 15) is 9.59 Å². The molecule has 0 saturated carbocycles. The molecule has 1 N–H and O–H groups in total. The second-order valence-electron chi connectivity index (χ2n) is 4.99. The van der Waals surface area contributed by atoms with E-state index in [0.29, 0.717) is 25.3 Å². The number of carboxylic acids is 1. The van der Waals surface area contributed by atoms with Crippen LogP contribution in [0, 0.1) is 11.8 Å². The molecular formula is C12H21NO3. The molecule has 1 rings (SSSR count). The Bertz CT molecular complexity index is 275. The third kappa shape index (κ3) is 2.97. The molecule has 0 aliphatic carbocycles. The van der Waals surface area contributed by atoms with E-state index in [1.165, 1.54) is 0 Å². The smallest absolute Gasteiger partial charge is 0.308 e. The molecule has 1 amide bonds. The Morgan fingerprint density at radius 3 is 2.50 bits per heavy atom. The van der Waals surface area contributed by atoms with Gasteiger partial charge in [-0.15, -0.1) is 0 Å². The average Bonchev–Trinajstić information content (AvgIpc) is 2.56. The summed E-state index contributed by atoms with van der Waals surface area (Å²) in [6.45, 7) is 6.59. The molecule has 0 aromatic rings. The summed E-state index contributed by atoms with van der Waals surface area (Å²) < 4.78 is 0. The first kappa shape index (κ1) is 13.0. The molecule has 2 atom stereocenters. The van der Waals surface area contributed by atoms with Crippen molar-refractivity contribution in [2.24, 2.45) is 11.8 Å². The fraction of sp³-hybridized carbons (Fsp3) is 0.833. The van der Waals surface area contributed by atoms with E-state index in [4.69, 9.17) is 5.11 Å². The quantitative estimate of drug-likeness (QED) is 0.796. The summed E-state index contributed by atoms with van der Waals surface area (Å²) in [5, 5.41) is 8.96. The van der Waals surface area contributed by atoms with Crippen LogP contribution in [0.2, 0.25) is 0 Å². The predicted molar refractivity (Wildman–Crippen MR) is 61.0 cm³/mol. The molecule has 0 radical (unpaired) electrons. The Balaban J connectivity index is 2.49. The van der Waals surface area contributed by atoms with Gasteiger partial charge in [-0.05, 0) is 25.7 Å². The summed E-state index contributed by atoms with van der Waals surface area (Å²) in [4.78, 5) is 24.5. The first-order chi connectivity index (χ1) is 7.43. The number of aliphatic carboxylic acids is 1. The van der Waals surface area contributed by atoms with Crippen LogP contribution in [0.3, 0.4) is 0 Å². The summed E-state index contributed by atoms with van der Waals surface area (Å²) >= 11 is 0. The van der Waals surface area contributed by atoms with Gasteiger partial charge in [0.05, 0.1) is 5.92 Å². The van der Waals surface area contributed by atoms with Gasteiger partial charge in [-0.25, -0.2) is 0 Å². The zero-order valence-corrected chi connectivity index (χ0v) is 10.3. The zero-order chi connectivity index (χ0) is 12.3. The zero-order valence-electron chi connectivity index (χ0n) is 10.3. The minimum absolute atomic E-state index is 0.102. The first-order valence-corrected chi connectivity index (χ1v) is 5.95. The van der Waals surface area contributed by atoms with Crippen LogP contribution in [0.4, 0.5) is 0 Å². The van der Waals surface area contributed by atoms with Crippen molar-refractivity contribution in [1.82, 2.24) is 4.90 Å². The molecule has 92 valence electrons. The first-order valence-electron chi connectivity index (χ1n) is 5.95. The number of carbonyl (C=O) groups is 2. The van der Waals surface area contributed by atoms with E-state index in [-0.39, 0.29) is 17.9 Å². The SMILES string of the molecule is CC(C)CCC(=O)N1CCC(C(=O)O)C1C. The second kappa shape index (κ2) is 5.32. The van der Waals surface area contributed by atoms with Crippen LogP contribution >= 0.6 is 0 Å². The van der Waals surface area contributed by atoms with E-state index >= 15 is 0 Å². The number of nitrogens with zero attached hydrogens (tertiary/aromatic N) is 1. The fourth-order valence-electron chi connectivity index (χ4n) is 2.18. The molecule has 4 heteroatoms. The van der Waals surface area contributed by atoms with E-state index in [2.05, 4.69) is 13.8 Å². The van der Waals surface area contributed by atoms with Crippen LogP contribution in [0.5, 0.6) is 0 Å². The lowest BCUT2D eigenvalue weighted by Gasteiger charge is -2.23. The van der Waals surface area contributed by atoms with Gasteiger partial charge < -0.3 is 10.0 Å². The number of carboxylic acid groups (broad SMARTS) is 1. The highest BCUT2D eigenvalue weighted by molar-refractivity contribution is 5.79. The second-order valence-corrected chi connectivity index (χ2v) is 4.99. The van der Waals surface area contributed by atoms with E-state index in [0.717, 1.165) is 6.42 Å². The lowest BCUT2D eigenvalue weighted by molar-refractivity contribution is -0.143. The molecule has 4 nitrogen and oxygen atoms in total. The molecule has 1 fully saturated rings. The van der Waals surface area contributed by atoms with Gasteiger partial charge in [-0.1, -0.05) is 13.8 Å². The fourth-order valence-corrected chi connectivity index (χ4v) is 2.18. The van der Waals surface area contributed by atoms with Crippen LogP contribution in [-0.2, 0) is 9.59 Å². The minimum atomic E-state index is -0.786. The van der Waals surface area contributed by atoms with Crippen LogP contribution < -0.4 is 0 Å². The minimum Gasteiger partial charge on any atom is -0.481 e. The number of amides is 1. The molecule has 0 bridgehead atoms. The molecule has 1 aliphatic rings. The van der Waals surface area contributed by atoms with Crippen LogP contribution in [0.25, 0.3) is 0 Å². The Labute approximate surface area is 96.6 Å². The number of carbonyl (C=O) groups excluding carboxylic acids is 1. The van der Waals surface area contributed by atoms with Gasteiger partial charge >= 0.3 is 5.97 Å². The molecule has 0 aromatic heterocycles. The molecule has 16 heavy (non-hydrogen) atoms. The topological polar surface area (TPSA) is 57.6 Å².